The van der Waals surface area contributed by atoms with Crippen LogP contribution in [0.3, 0.4) is 0 Å². The lowest BCUT2D eigenvalue weighted by Gasteiger charge is -2.35. The molecule has 0 aliphatic carbocycles. The van der Waals surface area contributed by atoms with Crippen LogP contribution in [-0.4, -0.2) is 31.1 Å². The Morgan fingerprint density at radius 2 is 1.80 bits per heavy atom. The summed E-state index contributed by atoms with van der Waals surface area (Å²) in [5, 5.41) is 0. The molecular weight excluding hydrogens is 184 g/mol. The SMILES string of the molecule is CC(CCN)CN1CCC(C(C)C)CC1. The number of hydrogen-bond acceptors (Lipinski definition) is 2. The first-order valence-electron chi connectivity index (χ1n) is 6.56. The second-order valence-electron chi connectivity index (χ2n) is 5.56. The van der Waals surface area contributed by atoms with E-state index < -0.39 is 0 Å². The smallest absolute Gasteiger partial charge is 0.000749 e. The van der Waals surface area contributed by atoms with E-state index in [2.05, 4.69) is 25.7 Å². The van der Waals surface area contributed by atoms with Gasteiger partial charge < -0.3 is 10.6 Å². The zero-order chi connectivity index (χ0) is 11.3. The molecule has 0 bridgehead atoms. The number of hydrogen-bond donors (Lipinski definition) is 1. The minimum Gasteiger partial charge on any atom is -0.330 e. The maximum atomic E-state index is 5.58. The van der Waals surface area contributed by atoms with E-state index in [4.69, 9.17) is 5.73 Å². The monoisotopic (exact) mass is 212 g/mol. The molecule has 2 N–H and O–H groups in total. The number of rotatable bonds is 5. The maximum Gasteiger partial charge on any atom is 0.000749 e. The third kappa shape index (κ3) is 4.52. The van der Waals surface area contributed by atoms with Gasteiger partial charge in [0.1, 0.15) is 0 Å². The third-order valence-corrected chi connectivity index (χ3v) is 3.80. The highest BCUT2D eigenvalue weighted by Crippen LogP contribution is 2.24. The molecule has 0 aromatic carbocycles. The summed E-state index contributed by atoms with van der Waals surface area (Å²) in [6, 6.07) is 0. The van der Waals surface area contributed by atoms with Gasteiger partial charge in [-0.25, -0.2) is 0 Å². The zero-order valence-electron chi connectivity index (χ0n) is 10.7. The molecule has 15 heavy (non-hydrogen) atoms. The normalized spacial score (nSPS) is 22.2. The molecule has 0 amide bonds. The van der Waals surface area contributed by atoms with Crippen molar-refractivity contribution in [2.75, 3.05) is 26.2 Å². The first-order chi connectivity index (χ1) is 7.13. The van der Waals surface area contributed by atoms with E-state index in [1.165, 1.54) is 38.9 Å². The van der Waals surface area contributed by atoms with Crippen LogP contribution in [0.4, 0.5) is 0 Å². The van der Waals surface area contributed by atoms with Gasteiger partial charge in [-0.15, -0.1) is 0 Å². The molecule has 1 aliphatic rings. The quantitative estimate of drug-likeness (QED) is 0.758. The fraction of sp³-hybridized carbons (Fsp3) is 1.00. The fourth-order valence-corrected chi connectivity index (χ4v) is 2.62. The van der Waals surface area contributed by atoms with E-state index in [0.29, 0.717) is 0 Å². The topological polar surface area (TPSA) is 29.3 Å². The van der Waals surface area contributed by atoms with E-state index in [9.17, 15) is 0 Å². The highest BCUT2D eigenvalue weighted by atomic mass is 15.1. The molecule has 1 saturated heterocycles. The van der Waals surface area contributed by atoms with Gasteiger partial charge in [-0.05, 0) is 56.7 Å². The van der Waals surface area contributed by atoms with Gasteiger partial charge in [0.25, 0.3) is 0 Å². The second kappa shape index (κ2) is 6.49. The molecular formula is C13H28N2. The van der Waals surface area contributed by atoms with Crippen LogP contribution in [0.1, 0.15) is 40.0 Å². The average Bonchev–Trinajstić information content (AvgIpc) is 2.18. The first kappa shape index (κ1) is 13.0. The molecule has 1 heterocycles. The minimum atomic E-state index is 0.769. The summed E-state index contributed by atoms with van der Waals surface area (Å²) < 4.78 is 0. The summed E-state index contributed by atoms with van der Waals surface area (Å²) >= 11 is 0. The summed E-state index contributed by atoms with van der Waals surface area (Å²) in [7, 11) is 0. The average molecular weight is 212 g/mol. The predicted molar refractivity (Wildman–Crippen MR) is 66.8 cm³/mol. The van der Waals surface area contributed by atoms with Gasteiger partial charge >= 0.3 is 0 Å². The Morgan fingerprint density at radius 3 is 2.27 bits per heavy atom. The van der Waals surface area contributed by atoms with Crippen molar-refractivity contribution in [3.05, 3.63) is 0 Å². The Hall–Kier alpha value is -0.0800. The molecule has 90 valence electrons. The van der Waals surface area contributed by atoms with Crippen LogP contribution in [0.15, 0.2) is 0 Å². The predicted octanol–water partition coefficient (Wildman–Crippen LogP) is 2.34. The molecule has 0 aromatic rings. The molecule has 0 aromatic heterocycles. The summed E-state index contributed by atoms with van der Waals surface area (Å²) in [4.78, 5) is 2.62. The van der Waals surface area contributed by atoms with E-state index >= 15 is 0 Å². The van der Waals surface area contributed by atoms with E-state index in [-0.39, 0.29) is 0 Å². The molecule has 1 aliphatic heterocycles. The molecule has 1 unspecified atom stereocenters. The summed E-state index contributed by atoms with van der Waals surface area (Å²) in [6.45, 7) is 11.7. The van der Waals surface area contributed by atoms with Gasteiger partial charge in [-0.1, -0.05) is 20.8 Å². The molecule has 1 fully saturated rings. The first-order valence-corrected chi connectivity index (χ1v) is 6.56. The van der Waals surface area contributed by atoms with E-state index in [1.807, 2.05) is 0 Å². The summed E-state index contributed by atoms with van der Waals surface area (Å²) in [6.07, 6.45) is 3.96. The van der Waals surface area contributed by atoms with Crippen molar-refractivity contribution in [1.29, 1.82) is 0 Å². The van der Waals surface area contributed by atoms with Crippen molar-refractivity contribution < 1.29 is 0 Å². The molecule has 1 rings (SSSR count). The van der Waals surface area contributed by atoms with Crippen LogP contribution in [0, 0.1) is 17.8 Å². The minimum absolute atomic E-state index is 0.769. The Labute approximate surface area is 95.2 Å². The lowest BCUT2D eigenvalue weighted by atomic mass is 9.86. The maximum absolute atomic E-state index is 5.58. The van der Waals surface area contributed by atoms with Crippen LogP contribution >= 0.6 is 0 Å². The van der Waals surface area contributed by atoms with Crippen molar-refractivity contribution in [1.82, 2.24) is 4.90 Å². The Kier molecular flexibility index (Phi) is 5.62. The second-order valence-corrected chi connectivity index (χ2v) is 5.56. The Morgan fingerprint density at radius 1 is 1.20 bits per heavy atom. The number of piperidine rings is 1. The zero-order valence-corrected chi connectivity index (χ0v) is 10.7. The number of nitrogens with two attached hydrogens (primary N) is 1. The molecule has 2 heteroatoms. The van der Waals surface area contributed by atoms with Crippen LogP contribution in [0.2, 0.25) is 0 Å². The lowest BCUT2D eigenvalue weighted by Crippen LogP contribution is -2.38. The van der Waals surface area contributed by atoms with Gasteiger partial charge in [0.15, 0.2) is 0 Å². The standard InChI is InChI=1S/C13H28N2/c1-11(2)13-5-8-15(9-6-13)10-12(3)4-7-14/h11-13H,4-10,14H2,1-3H3. The Bertz CT molecular complexity index is 160. The number of nitrogens with zero attached hydrogens (tertiary/aromatic N) is 1. The summed E-state index contributed by atoms with van der Waals surface area (Å²) in [5.74, 6) is 2.60. The van der Waals surface area contributed by atoms with Crippen molar-refractivity contribution in [2.24, 2.45) is 23.5 Å². The van der Waals surface area contributed by atoms with Crippen molar-refractivity contribution in [3.8, 4) is 0 Å². The van der Waals surface area contributed by atoms with Crippen LogP contribution in [0.5, 0.6) is 0 Å². The fourth-order valence-electron chi connectivity index (χ4n) is 2.62. The third-order valence-electron chi connectivity index (χ3n) is 3.80. The van der Waals surface area contributed by atoms with Crippen LogP contribution in [0.25, 0.3) is 0 Å². The lowest BCUT2D eigenvalue weighted by molar-refractivity contribution is 0.141. The van der Waals surface area contributed by atoms with Crippen molar-refractivity contribution in [3.63, 3.8) is 0 Å². The molecule has 0 saturated carbocycles. The van der Waals surface area contributed by atoms with E-state index in [1.54, 1.807) is 0 Å². The molecule has 1 atom stereocenters. The van der Waals surface area contributed by atoms with Gasteiger partial charge in [-0.3, -0.25) is 0 Å². The molecule has 0 spiro atoms. The van der Waals surface area contributed by atoms with Crippen molar-refractivity contribution in [2.45, 2.75) is 40.0 Å². The molecule has 0 radical (unpaired) electrons. The van der Waals surface area contributed by atoms with Gasteiger partial charge in [0, 0.05) is 6.54 Å². The van der Waals surface area contributed by atoms with Gasteiger partial charge in [-0.2, -0.15) is 0 Å². The van der Waals surface area contributed by atoms with Crippen LogP contribution in [-0.2, 0) is 0 Å². The summed E-state index contributed by atoms with van der Waals surface area (Å²) in [5.41, 5.74) is 5.58. The van der Waals surface area contributed by atoms with Crippen molar-refractivity contribution >= 4 is 0 Å². The highest BCUT2D eigenvalue weighted by Gasteiger charge is 2.21. The number of likely N-dealkylation sites (tertiary alicyclic amines) is 1. The Balaban J connectivity index is 2.19. The van der Waals surface area contributed by atoms with Gasteiger partial charge in [0.2, 0.25) is 0 Å². The highest BCUT2D eigenvalue weighted by molar-refractivity contribution is 4.75. The van der Waals surface area contributed by atoms with Gasteiger partial charge in [0.05, 0.1) is 0 Å². The van der Waals surface area contributed by atoms with E-state index in [0.717, 1.165) is 24.3 Å². The van der Waals surface area contributed by atoms with Crippen LogP contribution < -0.4 is 5.73 Å². The molecule has 2 nitrogen and oxygen atoms in total. The largest absolute Gasteiger partial charge is 0.330 e.